The van der Waals surface area contributed by atoms with Gasteiger partial charge in [0, 0.05) is 6.04 Å². The van der Waals surface area contributed by atoms with Crippen LogP contribution < -0.4 is 11.3 Å². The molecule has 0 saturated heterocycles. The van der Waals surface area contributed by atoms with Gasteiger partial charge in [-0.2, -0.15) is 0 Å². The molecule has 1 aromatic rings. The molecule has 90 valence electrons. The molecule has 0 fully saturated rings. The van der Waals surface area contributed by atoms with E-state index in [4.69, 9.17) is 5.84 Å². The summed E-state index contributed by atoms with van der Waals surface area (Å²) >= 11 is 0. The van der Waals surface area contributed by atoms with E-state index in [-0.39, 0.29) is 0 Å². The number of hydrazine groups is 1. The van der Waals surface area contributed by atoms with E-state index in [0.717, 1.165) is 12.3 Å². The van der Waals surface area contributed by atoms with Gasteiger partial charge in [0.15, 0.2) is 0 Å². The van der Waals surface area contributed by atoms with Crippen LogP contribution in [0.1, 0.15) is 50.3 Å². The Labute approximate surface area is 99.2 Å². The van der Waals surface area contributed by atoms with Gasteiger partial charge in [0.2, 0.25) is 0 Å². The zero-order valence-corrected chi connectivity index (χ0v) is 10.7. The molecule has 0 aliphatic carbocycles. The quantitative estimate of drug-likeness (QED) is 0.570. The van der Waals surface area contributed by atoms with Crippen molar-refractivity contribution in [3.05, 3.63) is 35.4 Å². The minimum absolute atomic E-state index is 0.291. The Morgan fingerprint density at radius 1 is 1.12 bits per heavy atom. The average molecular weight is 220 g/mol. The second-order valence-corrected chi connectivity index (χ2v) is 4.95. The van der Waals surface area contributed by atoms with Crippen LogP contribution in [0.15, 0.2) is 24.3 Å². The first-order valence-electron chi connectivity index (χ1n) is 6.16. The van der Waals surface area contributed by atoms with Crippen LogP contribution in [0.3, 0.4) is 0 Å². The topological polar surface area (TPSA) is 38.0 Å². The van der Waals surface area contributed by atoms with Crippen molar-refractivity contribution in [1.82, 2.24) is 5.43 Å². The molecule has 0 saturated carbocycles. The summed E-state index contributed by atoms with van der Waals surface area (Å²) in [6, 6.07) is 8.90. The van der Waals surface area contributed by atoms with Crippen molar-refractivity contribution in [3.8, 4) is 0 Å². The van der Waals surface area contributed by atoms with E-state index in [2.05, 4.69) is 50.5 Å². The predicted octanol–water partition coefficient (Wildman–Crippen LogP) is 3.33. The summed E-state index contributed by atoms with van der Waals surface area (Å²) < 4.78 is 0. The van der Waals surface area contributed by atoms with Crippen LogP contribution in [0.5, 0.6) is 0 Å². The summed E-state index contributed by atoms with van der Waals surface area (Å²) in [4.78, 5) is 0. The summed E-state index contributed by atoms with van der Waals surface area (Å²) in [5, 5.41) is 0. The normalized spacial score (nSPS) is 13.1. The van der Waals surface area contributed by atoms with Crippen LogP contribution in [0.2, 0.25) is 0 Å². The summed E-state index contributed by atoms with van der Waals surface area (Å²) in [6.07, 6.45) is 3.60. The van der Waals surface area contributed by atoms with Gasteiger partial charge in [-0.25, -0.2) is 0 Å². The Morgan fingerprint density at radius 3 is 2.25 bits per heavy atom. The van der Waals surface area contributed by atoms with E-state index >= 15 is 0 Å². The van der Waals surface area contributed by atoms with Gasteiger partial charge in [-0.1, -0.05) is 56.5 Å². The Balaban J connectivity index is 2.50. The van der Waals surface area contributed by atoms with Crippen molar-refractivity contribution in [2.24, 2.45) is 11.8 Å². The molecule has 16 heavy (non-hydrogen) atoms. The lowest BCUT2D eigenvalue weighted by atomic mass is 9.98. The van der Waals surface area contributed by atoms with E-state index in [9.17, 15) is 0 Å². The number of nitrogens with two attached hydrogens (primary N) is 1. The lowest BCUT2D eigenvalue weighted by molar-refractivity contribution is 0.455. The minimum Gasteiger partial charge on any atom is -0.271 e. The highest BCUT2D eigenvalue weighted by Crippen LogP contribution is 2.20. The Bertz CT molecular complexity index is 290. The van der Waals surface area contributed by atoms with Crippen molar-refractivity contribution in [2.45, 2.75) is 46.1 Å². The smallest absolute Gasteiger partial charge is 0.0460 e. The number of hydrogen-bond donors (Lipinski definition) is 2. The number of aryl methyl sites for hydroxylation is 1. The van der Waals surface area contributed by atoms with Crippen LogP contribution in [-0.2, 0) is 0 Å². The maximum absolute atomic E-state index is 5.61. The van der Waals surface area contributed by atoms with Crippen LogP contribution in [0.25, 0.3) is 0 Å². The maximum atomic E-state index is 5.61. The molecule has 2 heteroatoms. The second kappa shape index (κ2) is 6.66. The van der Waals surface area contributed by atoms with Gasteiger partial charge in [0.25, 0.3) is 0 Å². The van der Waals surface area contributed by atoms with Gasteiger partial charge in [-0.15, -0.1) is 0 Å². The molecular weight excluding hydrogens is 196 g/mol. The van der Waals surface area contributed by atoms with E-state index in [1.54, 1.807) is 0 Å². The fraction of sp³-hybridized carbons (Fsp3) is 0.571. The fourth-order valence-electron chi connectivity index (χ4n) is 1.88. The van der Waals surface area contributed by atoms with Crippen LogP contribution in [0.4, 0.5) is 0 Å². The molecule has 1 unspecified atom stereocenters. The minimum atomic E-state index is 0.291. The van der Waals surface area contributed by atoms with Crippen molar-refractivity contribution in [3.63, 3.8) is 0 Å². The molecule has 3 N–H and O–H groups in total. The van der Waals surface area contributed by atoms with Gasteiger partial charge >= 0.3 is 0 Å². The number of nitrogens with one attached hydrogen (secondary N) is 1. The molecule has 0 aliphatic rings. The highest BCUT2D eigenvalue weighted by molar-refractivity contribution is 5.23. The first-order valence-corrected chi connectivity index (χ1v) is 6.16. The Morgan fingerprint density at radius 2 is 1.75 bits per heavy atom. The number of hydrogen-bond acceptors (Lipinski definition) is 2. The number of benzene rings is 1. The number of rotatable bonds is 6. The zero-order chi connectivity index (χ0) is 12.0. The van der Waals surface area contributed by atoms with Crippen LogP contribution >= 0.6 is 0 Å². The third kappa shape index (κ3) is 4.33. The highest BCUT2D eigenvalue weighted by Gasteiger charge is 2.09. The molecule has 0 aromatic heterocycles. The van der Waals surface area contributed by atoms with E-state index in [1.807, 2.05) is 0 Å². The molecule has 0 spiro atoms. The van der Waals surface area contributed by atoms with Crippen molar-refractivity contribution >= 4 is 0 Å². The lowest BCUT2D eigenvalue weighted by Crippen LogP contribution is -2.28. The molecule has 0 radical (unpaired) electrons. The second-order valence-electron chi connectivity index (χ2n) is 4.95. The highest BCUT2D eigenvalue weighted by atomic mass is 15.2. The lowest BCUT2D eigenvalue weighted by Gasteiger charge is -2.17. The summed E-state index contributed by atoms with van der Waals surface area (Å²) in [7, 11) is 0. The molecule has 0 aliphatic heterocycles. The van der Waals surface area contributed by atoms with Crippen LogP contribution in [-0.4, -0.2) is 0 Å². The van der Waals surface area contributed by atoms with Gasteiger partial charge < -0.3 is 0 Å². The first-order chi connectivity index (χ1) is 7.63. The molecule has 2 nitrogen and oxygen atoms in total. The molecular formula is C14H24N2. The third-order valence-electron chi connectivity index (χ3n) is 2.96. The largest absolute Gasteiger partial charge is 0.271 e. The molecule has 1 rings (SSSR count). The SMILES string of the molecule is Cc1ccc(C(CCCC(C)C)NN)cc1. The van der Waals surface area contributed by atoms with Gasteiger partial charge in [-0.3, -0.25) is 11.3 Å². The Kier molecular flexibility index (Phi) is 5.50. The molecule has 1 aromatic carbocycles. The van der Waals surface area contributed by atoms with Gasteiger partial charge in [0.05, 0.1) is 0 Å². The summed E-state index contributed by atoms with van der Waals surface area (Å²) in [5.41, 5.74) is 5.49. The van der Waals surface area contributed by atoms with E-state index in [1.165, 1.54) is 24.0 Å². The predicted molar refractivity (Wildman–Crippen MR) is 69.9 cm³/mol. The summed E-state index contributed by atoms with van der Waals surface area (Å²) in [6.45, 7) is 6.63. The average Bonchev–Trinajstić information content (AvgIpc) is 2.26. The molecule has 0 bridgehead atoms. The fourth-order valence-corrected chi connectivity index (χ4v) is 1.88. The third-order valence-corrected chi connectivity index (χ3v) is 2.96. The summed E-state index contributed by atoms with van der Waals surface area (Å²) in [5.74, 6) is 6.38. The maximum Gasteiger partial charge on any atom is 0.0460 e. The van der Waals surface area contributed by atoms with Crippen molar-refractivity contribution < 1.29 is 0 Å². The zero-order valence-electron chi connectivity index (χ0n) is 10.7. The molecule has 0 heterocycles. The van der Waals surface area contributed by atoms with Gasteiger partial charge in [0.1, 0.15) is 0 Å². The van der Waals surface area contributed by atoms with Gasteiger partial charge in [-0.05, 0) is 24.8 Å². The Hall–Kier alpha value is -0.860. The molecule has 0 amide bonds. The molecule has 1 atom stereocenters. The van der Waals surface area contributed by atoms with E-state index < -0.39 is 0 Å². The monoisotopic (exact) mass is 220 g/mol. The standard InChI is InChI=1S/C14H24N2/c1-11(2)5-4-6-14(16-15)13-9-7-12(3)8-10-13/h7-11,14,16H,4-6,15H2,1-3H3. The van der Waals surface area contributed by atoms with Crippen molar-refractivity contribution in [2.75, 3.05) is 0 Å². The van der Waals surface area contributed by atoms with Crippen molar-refractivity contribution in [1.29, 1.82) is 0 Å². The van der Waals surface area contributed by atoms with Crippen LogP contribution in [0, 0.1) is 12.8 Å². The van der Waals surface area contributed by atoms with E-state index in [0.29, 0.717) is 6.04 Å². The first kappa shape index (κ1) is 13.2.